The molecule has 5 rings (SSSR count). The van der Waals surface area contributed by atoms with Crippen molar-refractivity contribution in [2.24, 2.45) is 12.8 Å². The monoisotopic (exact) mass is 460 g/mol. The highest BCUT2D eigenvalue weighted by Gasteiger charge is 2.50. The lowest BCUT2D eigenvalue weighted by Crippen LogP contribution is -2.43. The topological polar surface area (TPSA) is 121 Å². The summed E-state index contributed by atoms with van der Waals surface area (Å²) < 4.78 is 36.3. The van der Waals surface area contributed by atoms with Crippen LogP contribution in [0.15, 0.2) is 24.4 Å². The molecule has 2 aliphatic rings. The zero-order valence-electron chi connectivity index (χ0n) is 17.3. The predicted octanol–water partition coefficient (Wildman–Crippen LogP) is 3.15. The Morgan fingerprint density at radius 3 is 2.78 bits per heavy atom. The molecule has 0 radical (unpaired) electrons. The zero-order valence-corrected chi connectivity index (χ0v) is 18.1. The second kappa shape index (κ2) is 7.61. The number of hydrogen-bond donors (Lipinski definition) is 3. The Bertz CT molecular complexity index is 1190. The number of ether oxygens (including phenoxy) is 1. The van der Waals surface area contributed by atoms with Gasteiger partial charge in [-0.15, -0.1) is 0 Å². The molecule has 4 heterocycles. The number of carbonyl (C=O) groups excluding carboxylic acids is 1. The van der Waals surface area contributed by atoms with Gasteiger partial charge in [-0.3, -0.25) is 9.48 Å². The molecule has 32 heavy (non-hydrogen) atoms. The highest BCUT2D eigenvalue weighted by atomic mass is 32.1. The average Bonchev–Trinajstić information content (AvgIpc) is 3.42. The van der Waals surface area contributed by atoms with Crippen molar-refractivity contribution in [3.05, 3.63) is 47.4 Å². The number of aryl methyl sites for hydroxylation is 1. The molecule has 1 aromatic carbocycles. The maximum Gasteiger partial charge on any atom is 0.277 e. The number of hydrogen-bond acceptors (Lipinski definition) is 7. The van der Waals surface area contributed by atoms with Gasteiger partial charge >= 0.3 is 0 Å². The van der Waals surface area contributed by atoms with E-state index in [2.05, 4.69) is 15.4 Å². The number of amides is 1. The van der Waals surface area contributed by atoms with Gasteiger partial charge in [0.05, 0.1) is 29.2 Å². The molecule has 168 valence electrons. The number of rotatable bonds is 4. The third-order valence-corrected chi connectivity index (χ3v) is 7.13. The molecule has 0 aliphatic carbocycles. The number of benzene rings is 1. The summed E-state index contributed by atoms with van der Waals surface area (Å²) in [6.07, 6.45) is 4.70. The number of halogens is 2. The van der Waals surface area contributed by atoms with Gasteiger partial charge in [0.2, 0.25) is 0 Å². The van der Waals surface area contributed by atoms with Crippen molar-refractivity contribution in [3.63, 3.8) is 0 Å². The van der Waals surface area contributed by atoms with E-state index in [1.807, 2.05) is 0 Å². The number of nitrogens with one attached hydrogen (secondary N) is 1. The minimum atomic E-state index is -0.775. The highest BCUT2D eigenvalue weighted by Crippen LogP contribution is 2.49. The summed E-state index contributed by atoms with van der Waals surface area (Å²) >= 11 is 0.849. The zero-order chi connectivity index (χ0) is 22.6. The van der Waals surface area contributed by atoms with Gasteiger partial charge < -0.3 is 21.5 Å². The van der Waals surface area contributed by atoms with Crippen LogP contribution in [0.25, 0.3) is 10.6 Å². The Kier molecular flexibility index (Phi) is 4.99. The van der Waals surface area contributed by atoms with Crippen LogP contribution in [-0.2, 0) is 17.4 Å². The fourth-order valence-corrected chi connectivity index (χ4v) is 5.58. The summed E-state index contributed by atoms with van der Waals surface area (Å²) in [6.45, 7) is 0. The first-order valence-electron chi connectivity index (χ1n) is 10.3. The highest BCUT2D eigenvalue weighted by molar-refractivity contribution is 7.19. The third kappa shape index (κ3) is 3.28. The quantitative estimate of drug-likeness (QED) is 0.550. The van der Waals surface area contributed by atoms with Crippen LogP contribution in [0, 0.1) is 11.6 Å². The number of nitrogen functional groups attached to an aromatic ring is 1. The van der Waals surface area contributed by atoms with Crippen molar-refractivity contribution in [3.8, 4) is 10.6 Å². The summed E-state index contributed by atoms with van der Waals surface area (Å²) in [5, 5.41) is 7.18. The number of nitrogens with two attached hydrogens (primary N) is 2. The van der Waals surface area contributed by atoms with Gasteiger partial charge in [-0.25, -0.2) is 13.8 Å². The molecule has 2 aromatic heterocycles. The SMILES string of the molecule is Cn1ncc(NC(=O)c2nc(-c3c(F)cccc3F)sc2N)c1[C@@]12CC[C@@H](N)[C@@H](CC1)O2. The largest absolute Gasteiger partial charge is 0.389 e. The van der Waals surface area contributed by atoms with Gasteiger partial charge in [-0.1, -0.05) is 17.4 Å². The van der Waals surface area contributed by atoms with E-state index in [1.54, 1.807) is 17.9 Å². The average molecular weight is 461 g/mol. The molecule has 11 heteroatoms. The van der Waals surface area contributed by atoms with Crippen LogP contribution in [0.3, 0.4) is 0 Å². The number of aromatic nitrogens is 3. The predicted molar refractivity (Wildman–Crippen MR) is 116 cm³/mol. The molecule has 2 fully saturated rings. The number of nitrogens with zero attached hydrogens (tertiary/aromatic N) is 3. The Balaban J connectivity index is 1.45. The van der Waals surface area contributed by atoms with E-state index in [1.165, 1.54) is 6.07 Å². The Hall–Kier alpha value is -2.89. The smallest absolute Gasteiger partial charge is 0.277 e. The summed E-state index contributed by atoms with van der Waals surface area (Å²) in [5.74, 6) is -2.14. The van der Waals surface area contributed by atoms with E-state index >= 15 is 0 Å². The summed E-state index contributed by atoms with van der Waals surface area (Å²) in [7, 11) is 1.79. The van der Waals surface area contributed by atoms with Gasteiger partial charge in [-0.05, 0) is 37.8 Å². The molecular weight excluding hydrogens is 438 g/mol. The van der Waals surface area contributed by atoms with E-state index in [9.17, 15) is 13.6 Å². The van der Waals surface area contributed by atoms with Gasteiger partial charge in [-0.2, -0.15) is 5.10 Å². The molecule has 0 unspecified atom stereocenters. The molecule has 0 spiro atoms. The van der Waals surface area contributed by atoms with Crippen LogP contribution in [0.5, 0.6) is 0 Å². The molecule has 3 atom stereocenters. The third-order valence-electron chi connectivity index (χ3n) is 6.23. The lowest BCUT2D eigenvalue weighted by Gasteiger charge is -2.37. The van der Waals surface area contributed by atoms with E-state index in [0.29, 0.717) is 5.69 Å². The lowest BCUT2D eigenvalue weighted by molar-refractivity contribution is -0.0941. The summed E-state index contributed by atoms with van der Waals surface area (Å²) in [4.78, 5) is 17.1. The first-order valence-corrected chi connectivity index (χ1v) is 11.1. The molecule has 2 bridgehead atoms. The first-order chi connectivity index (χ1) is 15.3. The molecular formula is C21H22F2N6O2S. The standard InChI is InChI=1S/C21H22F2N6O2S/c1-29-17(21-7-5-12(24)14(31-21)6-8-21)13(9-26-29)27-19(30)16-18(25)32-20(28-16)15-10(22)3-2-4-11(15)23/h2-4,9,12,14H,5-8,24-25H2,1H3,(H,27,30)/t12-,14-,21-/m1/s1. The van der Waals surface area contributed by atoms with Crippen LogP contribution < -0.4 is 16.8 Å². The van der Waals surface area contributed by atoms with Crippen LogP contribution >= 0.6 is 11.3 Å². The maximum absolute atomic E-state index is 14.2. The molecule has 5 N–H and O–H groups in total. The number of thiazole rings is 1. The molecule has 2 saturated heterocycles. The van der Waals surface area contributed by atoms with Gasteiger partial charge in [0.15, 0.2) is 5.69 Å². The maximum atomic E-state index is 14.2. The van der Waals surface area contributed by atoms with Gasteiger partial charge in [0.1, 0.15) is 27.2 Å². The van der Waals surface area contributed by atoms with Gasteiger partial charge in [0, 0.05) is 13.1 Å². The second-order valence-corrected chi connectivity index (χ2v) is 9.24. The molecule has 1 amide bonds. The van der Waals surface area contributed by atoms with Crippen molar-refractivity contribution < 1.29 is 18.3 Å². The summed E-state index contributed by atoms with van der Waals surface area (Å²) in [5.41, 5.74) is 12.4. The Morgan fingerprint density at radius 1 is 1.31 bits per heavy atom. The van der Waals surface area contributed by atoms with E-state index in [0.717, 1.165) is 54.8 Å². The minimum absolute atomic E-state index is 0.00325. The van der Waals surface area contributed by atoms with Crippen molar-refractivity contribution in [1.82, 2.24) is 14.8 Å². The minimum Gasteiger partial charge on any atom is -0.389 e. The van der Waals surface area contributed by atoms with Crippen molar-refractivity contribution in [2.75, 3.05) is 11.1 Å². The van der Waals surface area contributed by atoms with Crippen LogP contribution in [-0.4, -0.2) is 32.8 Å². The summed E-state index contributed by atoms with van der Waals surface area (Å²) in [6, 6.07) is 3.52. The Labute approximate surface area is 186 Å². The fraction of sp³-hybridized carbons (Fsp3) is 0.381. The van der Waals surface area contributed by atoms with E-state index in [-0.39, 0.29) is 33.4 Å². The molecule has 8 nitrogen and oxygen atoms in total. The molecule has 0 saturated carbocycles. The fourth-order valence-electron chi connectivity index (χ4n) is 4.70. The Morgan fingerprint density at radius 2 is 2.03 bits per heavy atom. The normalized spacial score (nSPS) is 24.6. The molecule has 3 aromatic rings. The molecule has 2 aliphatic heterocycles. The van der Waals surface area contributed by atoms with E-state index < -0.39 is 23.1 Å². The van der Waals surface area contributed by atoms with Crippen LogP contribution in [0.1, 0.15) is 41.9 Å². The van der Waals surface area contributed by atoms with Crippen molar-refractivity contribution in [1.29, 1.82) is 0 Å². The number of fused-ring (bicyclic) bond motifs is 2. The first kappa shape index (κ1) is 21.0. The van der Waals surface area contributed by atoms with Gasteiger partial charge in [0.25, 0.3) is 5.91 Å². The number of carbonyl (C=O) groups is 1. The number of anilines is 2. The van der Waals surface area contributed by atoms with Crippen molar-refractivity contribution >= 4 is 27.9 Å². The lowest BCUT2D eigenvalue weighted by atomic mass is 9.89. The van der Waals surface area contributed by atoms with Crippen molar-refractivity contribution in [2.45, 2.75) is 43.4 Å². The van der Waals surface area contributed by atoms with Crippen LogP contribution in [0.2, 0.25) is 0 Å². The second-order valence-electron chi connectivity index (χ2n) is 8.20. The van der Waals surface area contributed by atoms with Crippen LogP contribution in [0.4, 0.5) is 19.5 Å². The van der Waals surface area contributed by atoms with E-state index in [4.69, 9.17) is 16.2 Å².